The summed E-state index contributed by atoms with van der Waals surface area (Å²) in [6.07, 6.45) is 0. The third-order valence-electron chi connectivity index (χ3n) is 2.90. The first-order valence-corrected chi connectivity index (χ1v) is 7.78. The van der Waals surface area contributed by atoms with Crippen molar-refractivity contribution in [2.24, 2.45) is 0 Å². The molecule has 0 saturated carbocycles. The van der Waals surface area contributed by atoms with E-state index in [0.717, 1.165) is 33.2 Å². The van der Waals surface area contributed by atoms with E-state index in [2.05, 4.69) is 33.0 Å². The third-order valence-corrected chi connectivity index (χ3v) is 4.05. The number of halogens is 3. The topological polar surface area (TPSA) is 3.24 Å². The standard InChI is InChI=1S/C15H14BrCl2N/c1-19(10-11-4-2-6-13(17)8-11)15-12(9-16)5-3-7-14(15)18/h2-8H,9-10H2,1H3. The van der Waals surface area contributed by atoms with E-state index in [1.165, 1.54) is 5.56 Å². The van der Waals surface area contributed by atoms with E-state index in [9.17, 15) is 0 Å². The number of anilines is 1. The first-order chi connectivity index (χ1) is 9.11. The van der Waals surface area contributed by atoms with E-state index < -0.39 is 0 Å². The lowest BCUT2D eigenvalue weighted by Gasteiger charge is -2.23. The Balaban J connectivity index is 2.27. The molecule has 4 heteroatoms. The van der Waals surface area contributed by atoms with Gasteiger partial charge in [-0.05, 0) is 29.3 Å². The Morgan fingerprint density at radius 3 is 2.53 bits per heavy atom. The van der Waals surface area contributed by atoms with Gasteiger partial charge in [0, 0.05) is 23.9 Å². The van der Waals surface area contributed by atoms with Gasteiger partial charge in [-0.3, -0.25) is 0 Å². The molecule has 0 spiro atoms. The molecule has 100 valence electrons. The van der Waals surface area contributed by atoms with Gasteiger partial charge in [-0.2, -0.15) is 0 Å². The average molecular weight is 359 g/mol. The summed E-state index contributed by atoms with van der Waals surface area (Å²) in [6, 6.07) is 13.8. The van der Waals surface area contributed by atoms with Gasteiger partial charge in [0.1, 0.15) is 0 Å². The van der Waals surface area contributed by atoms with Crippen LogP contribution in [0.4, 0.5) is 5.69 Å². The number of hydrogen-bond acceptors (Lipinski definition) is 1. The van der Waals surface area contributed by atoms with Crippen molar-refractivity contribution in [3.8, 4) is 0 Å². The minimum Gasteiger partial charge on any atom is -0.369 e. The number of rotatable bonds is 4. The molecular weight excluding hydrogens is 345 g/mol. The lowest BCUT2D eigenvalue weighted by molar-refractivity contribution is 0.917. The second kappa shape index (κ2) is 6.65. The predicted molar refractivity (Wildman–Crippen MR) is 87.6 cm³/mol. The van der Waals surface area contributed by atoms with Gasteiger partial charge < -0.3 is 4.90 Å². The molecule has 0 amide bonds. The zero-order chi connectivity index (χ0) is 13.8. The highest BCUT2D eigenvalue weighted by atomic mass is 79.9. The van der Waals surface area contributed by atoms with Crippen molar-refractivity contribution >= 4 is 44.8 Å². The smallest absolute Gasteiger partial charge is 0.0642 e. The van der Waals surface area contributed by atoms with Crippen LogP contribution < -0.4 is 4.90 Å². The summed E-state index contributed by atoms with van der Waals surface area (Å²) < 4.78 is 0. The zero-order valence-corrected chi connectivity index (χ0v) is 13.6. The maximum Gasteiger partial charge on any atom is 0.0642 e. The van der Waals surface area contributed by atoms with Gasteiger partial charge in [-0.1, -0.05) is 63.4 Å². The normalized spacial score (nSPS) is 10.5. The molecule has 0 aliphatic carbocycles. The maximum absolute atomic E-state index is 6.31. The maximum atomic E-state index is 6.31. The van der Waals surface area contributed by atoms with Crippen LogP contribution in [-0.2, 0) is 11.9 Å². The lowest BCUT2D eigenvalue weighted by atomic mass is 10.1. The Labute approximate surface area is 132 Å². The molecule has 0 heterocycles. The summed E-state index contributed by atoms with van der Waals surface area (Å²) in [5, 5.41) is 2.30. The van der Waals surface area contributed by atoms with Crippen LogP contribution in [-0.4, -0.2) is 7.05 Å². The molecule has 19 heavy (non-hydrogen) atoms. The molecular formula is C15H14BrCl2N. The van der Waals surface area contributed by atoms with Crippen LogP contribution in [0.5, 0.6) is 0 Å². The van der Waals surface area contributed by atoms with Gasteiger partial charge >= 0.3 is 0 Å². The Kier molecular flexibility index (Phi) is 5.14. The summed E-state index contributed by atoms with van der Waals surface area (Å²) in [6.45, 7) is 0.768. The van der Waals surface area contributed by atoms with Crippen molar-refractivity contribution in [3.63, 3.8) is 0 Å². The molecule has 0 atom stereocenters. The molecule has 0 aliphatic heterocycles. The molecule has 0 N–H and O–H groups in total. The molecule has 0 radical (unpaired) electrons. The van der Waals surface area contributed by atoms with Crippen LogP contribution in [0.2, 0.25) is 10.0 Å². The van der Waals surface area contributed by atoms with E-state index in [1.54, 1.807) is 0 Å². The molecule has 2 rings (SSSR count). The van der Waals surface area contributed by atoms with E-state index in [0.29, 0.717) is 0 Å². The fraction of sp³-hybridized carbons (Fsp3) is 0.200. The van der Waals surface area contributed by atoms with Crippen LogP contribution in [0, 0.1) is 0 Å². The van der Waals surface area contributed by atoms with E-state index in [1.807, 2.05) is 37.4 Å². The SMILES string of the molecule is CN(Cc1cccc(Cl)c1)c1c(Cl)cccc1CBr. The molecule has 0 bridgehead atoms. The highest BCUT2D eigenvalue weighted by Crippen LogP contribution is 2.31. The van der Waals surface area contributed by atoms with Gasteiger partial charge in [0.25, 0.3) is 0 Å². The van der Waals surface area contributed by atoms with Crippen molar-refractivity contribution in [2.75, 3.05) is 11.9 Å². The number of hydrogen-bond donors (Lipinski definition) is 0. The molecule has 2 aromatic rings. The van der Waals surface area contributed by atoms with Crippen molar-refractivity contribution in [2.45, 2.75) is 11.9 Å². The van der Waals surface area contributed by atoms with E-state index in [4.69, 9.17) is 23.2 Å². The van der Waals surface area contributed by atoms with Gasteiger partial charge in [0.2, 0.25) is 0 Å². The highest BCUT2D eigenvalue weighted by molar-refractivity contribution is 9.08. The molecule has 0 aromatic heterocycles. The van der Waals surface area contributed by atoms with Crippen molar-refractivity contribution in [1.29, 1.82) is 0 Å². The summed E-state index contributed by atoms with van der Waals surface area (Å²) in [7, 11) is 2.04. The van der Waals surface area contributed by atoms with Crippen molar-refractivity contribution in [1.82, 2.24) is 0 Å². The number of benzene rings is 2. The predicted octanol–water partition coefficient (Wildman–Crippen LogP) is 5.52. The Bertz CT molecular complexity index is 572. The Morgan fingerprint density at radius 2 is 1.84 bits per heavy atom. The van der Waals surface area contributed by atoms with Crippen LogP contribution in [0.3, 0.4) is 0 Å². The third kappa shape index (κ3) is 3.65. The van der Waals surface area contributed by atoms with Gasteiger partial charge in [0.05, 0.1) is 10.7 Å². The van der Waals surface area contributed by atoms with Gasteiger partial charge in [-0.25, -0.2) is 0 Å². The van der Waals surface area contributed by atoms with Gasteiger partial charge in [0.15, 0.2) is 0 Å². The molecule has 0 saturated heterocycles. The second-order valence-electron chi connectivity index (χ2n) is 4.37. The fourth-order valence-corrected chi connectivity index (χ4v) is 3.09. The number of alkyl halides is 1. The average Bonchev–Trinajstić information content (AvgIpc) is 2.38. The zero-order valence-electron chi connectivity index (χ0n) is 10.5. The Morgan fingerprint density at radius 1 is 1.11 bits per heavy atom. The summed E-state index contributed by atoms with van der Waals surface area (Å²) in [5.41, 5.74) is 3.40. The summed E-state index contributed by atoms with van der Waals surface area (Å²) in [5.74, 6) is 0. The molecule has 0 fully saturated rings. The lowest BCUT2D eigenvalue weighted by Crippen LogP contribution is -2.18. The van der Waals surface area contributed by atoms with Crippen molar-refractivity contribution in [3.05, 3.63) is 63.6 Å². The first kappa shape index (κ1) is 14.7. The van der Waals surface area contributed by atoms with Crippen LogP contribution in [0.1, 0.15) is 11.1 Å². The quantitative estimate of drug-likeness (QED) is 0.650. The fourth-order valence-electron chi connectivity index (χ4n) is 2.08. The molecule has 0 unspecified atom stereocenters. The summed E-state index contributed by atoms with van der Waals surface area (Å²) >= 11 is 15.8. The minimum atomic E-state index is 0.755. The highest BCUT2D eigenvalue weighted by Gasteiger charge is 2.11. The summed E-state index contributed by atoms with van der Waals surface area (Å²) in [4.78, 5) is 2.14. The monoisotopic (exact) mass is 357 g/mol. The van der Waals surface area contributed by atoms with E-state index in [-0.39, 0.29) is 0 Å². The van der Waals surface area contributed by atoms with Gasteiger partial charge in [-0.15, -0.1) is 0 Å². The molecule has 0 aliphatic rings. The molecule has 1 nitrogen and oxygen atoms in total. The van der Waals surface area contributed by atoms with Crippen LogP contribution >= 0.6 is 39.1 Å². The largest absolute Gasteiger partial charge is 0.369 e. The van der Waals surface area contributed by atoms with Crippen LogP contribution in [0.25, 0.3) is 0 Å². The number of para-hydroxylation sites is 1. The minimum absolute atomic E-state index is 0.755. The number of nitrogens with zero attached hydrogens (tertiary/aromatic N) is 1. The van der Waals surface area contributed by atoms with E-state index >= 15 is 0 Å². The van der Waals surface area contributed by atoms with Crippen molar-refractivity contribution < 1.29 is 0 Å². The van der Waals surface area contributed by atoms with Crippen LogP contribution in [0.15, 0.2) is 42.5 Å². The Hall–Kier alpha value is -0.700. The molecule has 2 aromatic carbocycles. The second-order valence-corrected chi connectivity index (χ2v) is 5.77. The first-order valence-electron chi connectivity index (χ1n) is 5.90.